The minimum absolute atomic E-state index is 0.557. The number of benzene rings is 1. The molecule has 0 atom stereocenters. The lowest BCUT2D eigenvalue weighted by Crippen LogP contribution is -2.35. The minimum atomic E-state index is -0.682. The van der Waals surface area contributed by atoms with Crippen molar-refractivity contribution in [3.05, 3.63) is 47.3 Å². The predicted molar refractivity (Wildman–Crippen MR) is 71.4 cm³/mol. The summed E-state index contributed by atoms with van der Waals surface area (Å²) in [6, 6.07) is 11.1. The second kappa shape index (κ2) is 4.03. The lowest BCUT2D eigenvalue weighted by atomic mass is 10.2. The van der Waals surface area contributed by atoms with E-state index in [4.69, 9.17) is 0 Å². The van der Waals surface area contributed by atoms with E-state index in [1.807, 2.05) is 24.3 Å². The number of hydrogen-bond acceptors (Lipinski definition) is 1. The van der Waals surface area contributed by atoms with Crippen molar-refractivity contribution >= 4 is 58.7 Å². The molecule has 2 rings (SSSR count). The van der Waals surface area contributed by atoms with E-state index < -0.39 is 2.14 Å². The fourth-order valence-corrected chi connectivity index (χ4v) is 2.27. The van der Waals surface area contributed by atoms with Crippen LogP contribution in [0.1, 0.15) is 5.69 Å². The van der Waals surface area contributed by atoms with Crippen molar-refractivity contribution in [3.8, 4) is 0 Å². The van der Waals surface area contributed by atoms with Crippen LogP contribution in [0.5, 0.6) is 0 Å². The second-order valence-electron chi connectivity index (χ2n) is 3.07. The largest absolute Gasteiger partial charge is 0.618 e. The molecule has 1 heterocycles. The first kappa shape index (κ1) is 11.4. The fraction of sp³-hybridized carbons (Fsp3) is 0.100. The van der Waals surface area contributed by atoms with Crippen LogP contribution in [0.2, 0.25) is 0 Å². The molecule has 1 aromatic carbocycles. The summed E-state index contributed by atoms with van der Waals surface area (Å²) in [5.41, 5.74) is 1.21. The summed E-state index contributed by atoms with van der Waals surface area (Å²) in [6.07, 6.45) is 0. The van der Waals surface area contributed by atoms with Gasteiger partial charge in [0.25, 0.3) is 0 Å². The van der Waals surface area contributed by atoms with E-state index in [1.54, 1.807) is 12.1 Å². The first-order chi connectivity index (χ1) is 7.00. The summed E-state index contributed by atoms with van der Waals surface area (Å²) >= 11 is 10.0. The molecule has 0 aliphatic rings. The van der Waals surface area contributed by atoms with Gasteiger partial charge in [-0.2, -0.15) is 4.73 Å². The quantitative estimate of drug-likeness (QED) is 0.379. The molecule has 0 fully saturated rings. The number of aromatic nitrogens is 1. The summed E-state index contributed by atoms with van der Waals surface area (Å²) in [7, 11) is 0. The van der Waals surface area contributed by atoms with Crippen LogP contribution in [0, 0.1) is 5.21 Å². The Labute approximate surface area is 112 Å². The van der Waals surface area contributed by atoms with Crippen LogP contribution in [-0.2, 0) is 2.14 Å². The van der Waals surface area contributed by atoms with Crippen LogP contribution in [0.3, 0.4) is 0 Å². The SMILES string of the molecule is [O-][n+]1c(C(Br)(Br)Br)ccc2ccccc21. The fourth-order valence-electron chi connectivity index (χ4n) is 1.39. The number of pyridine rings is 1. The maximum atomic E-state index is 12.0. The van der Waals surface area contributed by atoms with E-state index in [2.05, 4.69) is 47.8 Å². The van der Waals surface area contributed by atoms with Gasteiger partial charge in [0.05, 0.1) is 0 Å². The van der Waals surface area contributed by atoms with E-state index in [0.29, 0.717) is 11.2 Å². The normalized spacial score (nSPS) is 11.9. The van der Waals surface area contributed by atoms with Crippen LogP contribution < -0.4 is 4.73 Å². The smallest absolute Gasteiger partial charge is 0.231 e. The van der Waals surface area contributed by atoms with E-state index >= 15 is 0 Å². The van der Waals surface area contributed by atoms with Gasteiger partial charge in [0.1, 0.15) is 0 Å². The van der Waals surface area contributed by atoms with Crippen LogP contribution in [-0.4, -0.2) is 0 Å². The third-order valence-electron chi connectivity index (χ3n) is 2.09. The van der Waals surface area contributed by atoms with Crippen molar-refractivity contribution in [2.75, 3.05) is 0 Å². The molecule has 1 aromatic heterocycles. The molecule has 0 amide bonds. The van der Waals surface area contributed by atoms with Crippen LogP contribution >= 0.6 is 47.8 Å². The number of rotatable bonds is 0. The molecule has 2 aromatic rings. The number of halogens is 3. The number of nitrogens with zero attached hydrogens (tertiary/aromatic N) is 1. The Hall–Kier alpha value is -0.130. The Kier molecular flexibility index (Phi) is 3.05. The van der Waals surface area contributed by atoms with E-state index in [1.165, 1.54) is 0 Å². The zero-order chi connectivity index (χ0) is 11.1. The number of para-hydroxylation sites is 1. The second-order valence-corrected chi connectivity index (χ2v) is 9.83. The third-order valence-corrected chi connectivity index (χ3v) is 3.30. The first-order valence-electron chi connectivity index (χ1n) is 4.18. The molecule has 0 aliphatic carbocycles. The van der Waals surface area contributed by atoms with Gasteiger partial charge in [-0.05, 0) is 59.9 Å². The number of hydrogen-bond donors (Lipinski definition) is 0. The third kappa shape index (κ3) is 2.19. The highest BCUT2D eigenvalue weighted by Crippen LogP contribution is 2.42. The summed E-state index contributed by atoms with van der Waals surface area (Å²) in [5, 5.41) is 12.9. The van der Waals surface area contributed by atoms with Crippen molar-refractivity contribution < 1.29 is 4.73 Å². The molecular weight excluding hydrogens is 390 g/mol. The van der Waals surface area contributed by atoms with Crippen molar-refractivity contribution in [1.29, 1.82) is 0 Å². The maximum Gasteiger partial charge on any atom is 0.231 e. The summed E-state index contributed by atoms with van der Waals surface area (Å²) in [4.78, 5) is 0. The van der Waals surface area contributed by atoms with E-state index in [0.717, 1.165) is 10.1 Å². The Bertz CT molecular complexity index is 507. The standard InChI is InChI=1S/C10H6Br3NO/c11-10(12,13)9-6-5-7-3-1-2-4-8(7)14(9)15/h1-6H. The Morgan fingerprint density at radius 1 is 1.00 bits per heavy atom. The molecular formula is C10H6Br3NO. The topological polar surface area (TPSA) is 26.9 Å². The minimum Gasteiger partial charge on any atom is -0.618 e. The highest BCUT2D eigenvalue weighted by molar-refractivity contribution is 9.38. The predicted octanol–water partition coefficient (Wildman–Crippen LogP) is 3.77. The zero-order valence-electron chi connectivity index (χ0n) is 7.45. The van der Waals surface area contributed by atoms with Gasteiger partial charge in [0, 0.05) is 17.5 Å². The Morgan fingerprint density at radius 3 is 2.33 bits per heavy atom. The Balaban J connectivity index is 2.76. The van der Waals surface area contributed by atoms with Gasteiger partial charge in [-0.3, -0.25) is 0 Å². The molecule has 15 heavy (non-hydrogen) atoms. The summed E-state index contributed by atoms with van der Waals surface area (Å²) < 4.78 is 0.215. The molecule has 0 aliphatic heterocycles. The molecule has 0 spiro atoms. The molecule has 78 valence electrons. The number of alkyl halides is 3. The van der Waals surface area contributed by atoms with Crippen molar-refractivity contribution in [3.63, 3.8) is 0 Å². The van der Waals surface area contributed by atoms with Crippen molar-refractivity contribution in [2.45, 2.75) is 2.14 Å². The summed E-state index contributed by atoms with van der Waals surface area (Å²) in [6.45, 7) is 0. The highest BCUT2D eigenvalue weighted by atomic mass is 80.0. The highest BCUT2D eigenvalue weighted by Gasteiger charge is 2.30. The average molecular weight is 396 g/mol. The first-order valence-corrected chi connectivity index (χ1v) is 6.56. The molecule has 0 saturated heterocycles. The molecule has 0 radical (unpaired) electrons. The zero-order valence-corrected chi connectivity index (χ0v) is 12.2. The van der Waals surface area contributed by atoms with Gasteiger partial charge in [-0.25, -0.2) is 0 Å². The van der Waals surface area contributed by atoms with Gasteiger partial charge in [-0.15, -0.1) is 0 Å². The lowest BCUT2D eigenvalue weighted by molar-refractivity contribution is -0.585. The maximum absolute atomic E-state index is 12.0. The van der Waals surface area contributed by atoms with Crippen molar-refractivity contribution in [1.82, 2.24) is 0 Å². The van der Waals surface area contributed by atoms with Crippen LogP contribution in [0.15, 0.2) is 36.4 Å². The average Bonchev–Trinajstić information content (AvgIpc) is 2.16. The monoisotopic (exact) mass is 393 g/mol. The van der Waals surface area contributed by atoms with Gasteiger partial charge >= 0.3 is 0 Å². The van der Waals surface area contributed by atoms with E-state index in [-0.39, 0.29) is 0 Å². The molecule has 0 N–H and O–H groups in total. The van der Waals surface area contributed by atoms with Gasteiger partial charge in [0.2, 0.25) is 13.4 Å². The van der Waals surface area contributed by atoms with Crippen molar-refractivity contribution in [2.24, 2.45) is 0 Å². The van der Waals surface area contributed by atoms with Gasteiger partial charge < -0.3 is 5.21 Å². The van der Waals surface area contributed by atoms with Crippen LogP contribution in [0.25, 0.3) is 10.9 Å². The van der Waals surface area contributed by atoms with Crippen LogP contribution in [0.4, 0.5) is 0 Å². The number of fused-ring (bicyclic) bond motifs is 1. The Morgan fingerprint density at radius 2 is 1.67 bits per heavy atom. The summed E-state index contributed by atoms with van der Waals surface area (Å²) in [5.74, 6) is 0. The van der Waals surface area contributed by atoms with Gasteiger partial charge in [0.15, 0.2) is 0 Å². The molecule has 0 bridgehead atoms. The van der Waals surface area contributed by atoms with Gasteiger partial charge in [-0.1, -0.05) is 12.1 Å². The molecule has 0 saturated carbocycles. The van der Waals surface area contributed by atoms with E-state index in [9.17, 15) is 5.21 Å². The molecule has 0 unspecified atom stereocenters. The molecule has 2 nitrogen and oxygen atoms in total. The lowest BCUT2D eigenvalue weighted by Gasteiger charge is -2.13. The molecule has 5 heteroatoms.